The number of ether oxygens (including phenoxy) is 1. The van der Waals surface area contributed by atoms with Gasteiger partial charge in [0, 0.05) is 18.0 Å². The first-order chi connectivity index (χ1) is 13.1. The maximum absolute atomic E-state index is 12.8. The number of benzene rings is 1. The van der Waals surface area contributed by atoms with Gasteiger partial charge in [0.15, 0.2) is 0 Å². The number of methoxy groups -OCH3 is 1. The Morgan fingerprint density at radius 1 is 1.07 bits per heavy atom. The van der Waals surface area contributed by atoms with Gasteiger partial charge in [-0.2, -0.15) is 0 Å². The van der Waals surface area contributed by atoms with Crippen LogP contribution in [0, 0.1) is 17.8 Å². The number of anilines is 1. The molecule has 1 aromatic carbocycles. The van der Waals surface area contributed by atoms with Gasteiger partial charge in [0.25, 0.3) is 5.91 Å². The highest BCUT2D eigenvalue weighted by atomic mass is 32.1. The van der Waals surface area contributed by atoms with Crippen molar-refractivity contribution in [2.45, 2.75) is 43.9 Å². The van der Waals surface area contributed by atoms with Gasteiger partial charge in [-0.15, -0.1) is 10.2 Å². The van der Waals surface area contributed by atoms with Gasteiger partial charge in [-0.1, -0.05) is 11.3 Å². The van der Waals surface area contributed by atoms with E-state index in [0.29, 0.717) is 10.7 Å². The van der Waals surface area contributed by atoms with E-state index in [0.717, 1.165) is 28.5 Å². The maximum atomic E-state index is 12.8. The van der Waals surface area contributed by atoms with Gasteiger partial charge in [-0.05, 0) is 80.5 Å². The quantitative estimate of drug-likeness (QED) is 0.790. The Labute approximate surface area is 163 Å². The number of hydrogen-bond acceptors (Lipinski definition) is 5. The highest BCUT2D eigenvalue weighted by Gasteiger charge is 2.53. The van der Waals surface area contributed by atoms with E-state index in [1.807, 2.05) is 12.1 Å². The zero-order valence-electron chi connectivity index (χ0n) is 15.9. The summed E-state index contributed by atoms with van der Waals surface area (Å²) in [5.41, 5.74) is 0.860. The first-order valence-corrected chi connectivity index (χ1v) is 10.6. The number of nitrogens with zero attached hydrogens (tertiary/aromatic N) is 3. The van der Waals surface area contributed by atoms with E-state index in [4.69, 9.17) is 4.74 Å². The molecular weight excluding hydrogens is 358 g/mol. The maximum Gasteiger partial charge on any atom is 0.259 e. The summed E-state index contributed by atoms with van der Waals surface area (Å²) in [4.78, 5) is 14.5. The van der Waals surface area contributed by atoms with Crippen molar-refractivity contribution < 1.29 is 9.53 Å². The molecule has 4 aliphatic rings. The van der Waals surface area contributed by atoms with Crippen LogP contribution >= 0.6 is 11.3 Å². The minimum atomic E-state index is -0.0640. The van der Waals surface area contributed by atoms with Crippen LogP contribution in [0.5, 0.6) is 5.75 Å². The lowest BCUT2D eigenvalue weighted by atomic mass is 9.50. The first kappa shape index (κ1) is 17.2. The van der Waals surface area contributed by atoms with Gasteiger partial charge in [-0.25, -0.2) is 0 Å². The van der Waals surface area contributed by atoms with Crippen LogP contribution < -0.4 is 9.64 Å². The number of amides is 1. The van der Waals surface area contributed by atoms with Gasteiger partial charge in [0.05, 0.1) is 7.11 Å². The third-order valence-corrected chi connectivity index (χ3v) is 8.08. The molecule has 0 atom stereocenters. The van der Waals surface area contributed by atoms with E-state index in [1.165, 1.54) is 38.5 Å². The molecule has 0 radical (unpaired) electrons. The Bertz CT molecular complexity index is 825. The van der Waals surface area contributed by atoms with Crippen molar-refractivity contribution in [1.29, 1.82) is 0 Å². The second-order valence-corrected chi connectivity index (χ2v) is 9.64. The Balaban J connectivity index is 1.38. The Morgan fingerprint density at radius 2 is 1.67 bits per heavy atom. The molecule has 0 unspecified atom stereocenters. The second-order valence-electron chi connectivity index (χ2n) is 8.68. The van der Waals surface area contributed by atoms with Gasteiger partial charge < -0.3 is 4.74 Å². The average Bonchev–Trinajstić information content (AvgIpc) is 3.17. The third kappa shape index (κ3) is 2.85. The van der Waals surface area contributed by atoms with E-state index in [9.17, 15) is 4.79 Å². The van der Waals surface area contributed by atoms with Gasteiger partial charge in [-0.3, -0.25) is 9.69 Å². The van der Waals surface area contributed by atoms with Gasteiger partial charge >= 0.3 is 0 Å². The standard InChI is InChI=1S/C21H25N3O2S/c1-24(18(25)16-3-5-17(26-2)6-4-16)20-23-22-19(27-20)21-10-13-7-14(11-21)9-15(8-13)12-21/h3-6,13-15H,7-12H2,1-2H3. The van der Waals surface area contributed by atoms with Crippen LogP contribution in [-0.2, 0) is 5.41 Å². The van der Waals surface area contributed by atoms with Crippen molar-refractivity contribution in [3.05, 3.63) is 34.8 Å². The van der Waals surface area contributed by atoms with Crippen LogP contribution in [0.1, 0.15) is 53.9 Å². The largest absolute Gasteiger partial charge is 0.497 e. The number of rotatable bonds is 4. The van der Waals surface area contributed by atoms with Crippen molar-refractivity contribution in [2.24, 2.45) is 17.8 Å². The van der Waals surface area contributed by atoms with Crippen molar-refractivity contribution in [3.63, 3.8) is 0 Å². The highest BCUT2D eigenvalue weighted by Crippen LogP contribution is 2.61. The topological polar surface area (TPSA) is 55.3 Å². The van der Waals surface area contributed by atoms with Crippen LogP contribution in [0.15, 0.2) is 24.3 Å². The second kappa shape index (κ2) is 6.30. The first-order valence-electron chi connectivity index (χ1n) is 9.82. The lowest BCUT2D eigenvalue weighted by Gasteiger charge is -2.55. The molecule has 142 valence electrons. The summed E-state index contributed by atoms with van der Waals surface area (Å²) in [5.74, 6) is 3.31. The molecule has 2 aromatic rings. The lowest BCUT2D eigenvalue weighted by molar-refractivity contribution is -0.00555. The summed E-state index contributed by atoms with van der Waals surface area (Å²) >= 11 is 1.62. The number of carbonyl (C=O) groups excluding carboxylic acids is 1. The van der Waals surface area contributed by atoms with Gasteiger partial charge in [0.1, 0.15) is 10.8 Å². The third-order valence-electron chi connectivity index (χ3n) is 6.83. The Hall–Kier alpha value is -1.95. The van der Waals surface area contributed by atoms with Crippen molar-refractivity contribution in [2.75, 3.05) is 19.1 Å². The highest BCUT2D eigenvalue weighted by molar-refractivity contribution is 7.15. The lowest BCUT2D eigenvalue weighted by Crippen LogP contribution is -2.48. The molecule has 1 aromatic heterocycles. The zero-order valence-corrected chi connectivity index (χ0v) is 16.7. The predicted molar refractivity (Wildman–Crippen MR) is 105 cm³/mol. The average molecular weight is 384 g/mol. The molecule has 6 rings (SSSR count). The molecule has 6 heteroatoms. The van der Waals surface area contributed by atoms with E-state index in [1.54, 1.807) is 42.5 Å². The van der Waals surface area contributed by atoms with Crippen molar-refractivity contribution >= 4 is 22.4 Å². The zero-order chi connectivity index (χ0) is 18.6. The molecule has 4 fully saturated rings. The molecule has 0 saturated heterocycles. The van der Waals surface area contributed by atoms with Crippen LogP contribution in [0.3, 0.4) is 0 Å². The number of aromatic nitrogens is 2. The Morgan fingerprint density at radius 3 is 2.22 bits per heavy atom. The van der Waals surface area contributed by atoms with Crippen LogP contribution in [0.2, 0.25) is 0 Å². The molecular formula is C21H25N3O2S. The summed E-state index contributed by atoms with van der Waals surface area (Å²) in [6.07, 6.45) is 8.06. The fourth-order valence-corrected chi connectivity index (χ4v) is 6.97. The summed E-state index contributed by atoms with van der Waals surface area (Å²) in [5, 5.41) is 10.8. The molecule has 4 bridgehead atoms. The normalized spacial score (nSPS) is 31.1. The fourth-order valence-electron chi connectivity index (χ4n) is 5.95. The number of hydrogen-bond donors (Lipinski definition) is 0. The molecule has 0 aliphatic heterocycles. The van der Waals surface area contributed by atoms with Crippen molar-refractivity contribution in [3.8, 4) is 5.75 Å². The van der Waals surface area contributed by atoms with Crippen molar-refractivity contribution in [1.82, 2.24) is 10.2 Å². The van der Waals surface area contributed by atoms with Crippen LogP contribution in [-0.4, -0.2) is 30.3 Å². The molecule has 0 spiro atoms. The van der Waals surface area contributed by atoms with Crippen LogP contribution in [0.25, 0.3) is 0 Å². The smallest absolute Gasteiger partial charge is 0.259 e. The molecule has 27 heavy (non-hydrogen) atoms. The molecule has 0 N–H and O–H groups in total. The van der Waals surface area contributed by atoms with E-state index in [-0.39, 0.29) is 11.3 Å². The molecule has 1 heterocycles. The van der Waals surface area contributed by atoms with Gasteiger partial charge in [0.2, 0.25) is 5.13 Å². The van der Waals surface area contributed by atoms with E-state index >= 15 is 0 Å². The number of carbonyl (C=O) groups is 1. The van der Waals surface area contributed by atoms with E-state index < -0.39 is 0 Å². The monoisotopic (exact) mass is 383 g/mol. The molecule has 5 nitrogen and oxygen atoms in total. The predicted octanol–water partition coefficient (Wildman–Crippen LogP) is 4.29. The van der Waals surface area contributed by atoms with E-state index in [2.05, 4.69) is 10.2 Å². The fraction of sp³-hybridized carbons (Fsp3) is 0.571. The summed E-state index contributed by atoms with van der Waals surface area (Å²) in [7, 11) is 3.41. The molecule has 1 amide bonds. The van der Waals surface area contributed by atoms with Crippen LogP contribution in [0.4, 0.5) is 5.13 Å². The summed E-state index contributed by atoms with van der Waals surface area (Å²) in [6.45, 7) is 0. The molecule has 4 saturated carbocycles. The summed E-state index contributed by atoms with van der Waals surface area (Å²) < 4.78 is 5.17. The Kier molecular flexibility index (Phi) is 4.00. The SMILES string of the molecule is COc1ccc(C(=O)N(C)c2nnc(C34CC5CC(CC(C5)C3)C4)s2)cc1. The summed E-state index contributed by atoms with van der Waals surface area (Å²) in [6, 6.07) is 7.20. The molecule has 4 aliphatic carbocycles. The minimum Gasteiger partial charge on any atom is -0.497 e. The minimum absolute atomic E-state index is 0.0640.